The maximum Gasteiger partial charge on any atom is 0.298 e. The zero-order valence-electron chi connectivity index (χ0n) is 13.1. The number of rotatable bonds is 4. The third-order valence-electron chi connectivity index (χ3n) is 3.38. The fourth-order valence-corrected chi connectivity index (χ4v) is 2.43. The molecule has 0 bridgehead atoms. The second-order valence-electron chi connectivity index (χ2n) is 4.94. The first-order chi connectivity index (χ1) is 12.1. The van der Waals surface area contributed by atoms with E-state index in [1.807, 2.05) is 0 Å². The van der Waals surface area contributed by atoms with Crippen molar-refractivity contribution in [2.75, 3.05) is 12.4 Å². The monoisotopic (exact) mass is 356 g/mol. The molecular formula is C17H13ClN4O3. The van der Waals surface area contributed by atoms with Crippen LogP contribution in [-0.4, -0.2) is 27.6 Å². The number of carbonyl (C=O) groups is 1. The lowest BCUT2D eigenvalue weighted by atomic mass is 10.3. The van der Waals surface area contributed by atoms with E-state index in [4.69, 9.17) is 16.3 Å². The molecule has 7 nitrogen and oxygen atoms in total. The first-order valence-corrected chi connectivity index (χ1v) is 7.62. The summed E-state index contributed by atoms with van der Waals surface area (Å²) in [5.74, 6) is -0.128. The smallest absolute Gasteiger partial charge is 0.298 e. The highest BCUT2D eigenvalue weighted by Gasteiger charge is 2.13. The Balaban J connectivity index is 1.94. The summed E-state index contributed by atoms with van der Waals surface area (Å²) in [5, 5.41) is 2.83. The molecule has 0 aliphatic rings. The number of anilines is 1. The standard InChI is InChI=1S/C17H13ClN4O3/c1-25-14-6-5-11(10-12(14)18)22-9-8-20-15(17(22)24)21-16(23)13-4-2-3-7-19-13/h2-10H,1H3,(H,20,21,23). The van der Waals surface area contributed by atoms with E-state index < -0.39 is 11.5 Å². The molecule has 2 aromatic heterocycles. The lowest BCUT2D eigenvalue weighted by molar-refractivity contribution is 0.102. The molecule has 1 N–H and O–H groups in total. The summed E-state index contributed by atoms with van der Waals surface area (Å²) in [6.45, 7) is 0. The number of nitrogens with one attached hydrogen (secondary N) is 1. The molecule has 0 unspecified atom stereocenters. The molecule has 0 fully saturated rings. The van der Waals surface area contributed by atoms with Crippen LogP contribution in [0.15, 0.2) is 59.8 Å². The predicted molar refractivity (Wildman–Crippen MR) is 93.6 cm³/mol. The topological polar surface area (TPSA) is 86.1 Å². The van der Waals surface area contributed by atoms with Crippen molar-refractivity contribution in [1.29, 1.82) is 0 Å². The van der Waals surface area contributed by atoms with Crippen molar-refractivity contribution in [3.05, 3.63) is 76.1 Å². The molecule has 1 amide bonds. The van der Waals surface area contributed by atoms with Gasteiger partial charge in [0.2, 0.25) is 0 Å². The second kappa shape index (κ2) is 7.14. The van der Waals surface area contributed by atoms with Gasteiger partial charge in [-0.15, -0.1) is 0 Å². The summed E-state index contributed by atoms with van der Waals surface area (Å²) in [7, 11) is 1.50. The molecule has 0 aliphatic heterocycles. The zero-order chi connectivity index (χ0) is 17.8. The first kappa shape index (κ1) is 16.7. The van der Waals surface area contributed by atoms with E-state index >= 15 is 0 Å². The van der Waals surface area contributed by atoms with Gasteiger partial charge < -0.3 is 10.1 Å². The van der Waals surface area contributed by atoms with Crippen molar-refractivity contribution in [1.82, 2.24) is 14.5 Å². The molecule has 3 rings (SSSR count). The van der Waals surface area contributed by atoms with Crippen LogP contribution in [0, 0.1) is 0 Å². The van der Waals surface area contributed by atoms with Crippen LogP contribution in [0.4, 0.5) is 5.82 Å². The lowest BCUT2D eigenvalue weighted by Crippen LogP contribution is -2.26. The van der Waals surface area contributed by atoms with Gasteiger partial charge in [0.25, 0.3) is 11.5 Å². The number of nitrogens with zero attached hydrogens (tertiary/aromatic N) is 3. The van der Waals surface area contributed by atoms with Crippen LogP contribution in [0.1, 0.15) is 10.5 Å². The maximum absolute atomic E-state index is 12.6. The largest absolute Gasteiger partial charge is 0.495 e. The van der Waals surface area contributed by atoms with Crippen molar-refractivity contribution in [2.45, 2.75) is 0 Å². The van der Waals surface area contributed by atoms with Crippen molar-refractivity contribution < 1.29 is 9.53 Å². The number of aromatic nitrogens is 3. The summed E-state index contributed by atoms with van der Waals surface area (Å²) in [6, 6.07) is 9.83. The third-order valence-corrected chi connectivity index (χ3v) is 3.68. The van der Waals surface area contributed by atoms with Crippen LogP contribution >= 0.6 is 11.6 Å². The Hall–Kier alpha value is -3.19. The fourth-order valence-electron chi connectivity index (χ4n) is 2.17. The molecule has 0 aliphatic carbocycles. The van der Waals surface area contributed by atoms with Crippen molar-refractivity contribution in [2.24, 2.45) is 0 Å². The van der Waals surface area contributed by atoms with Gasteiger partial charge in [0, 0.05) is 18.6 Å². The van der Waals surface area contributed by atoms with Crippen LogP contribution < -0.4 is 15.6 Å². The van der Waals surface area contributed by atoms with Gasteiger partial charge in [-0.25, -0.2) is 4.98 Å². The fraction of sp³-hybridized carbons (Fsp3) is 0.0588. The van der Waals surface area contributed by atoms with E-state index in [9.17, 15) is 9.59 Å². The minimum absolute atomic E-state index is 0.106. The number of benzene rings is 1. The van der Waals surface area contributed by atoms with Crippen molar-refractivity contribution in [3.8, 4) is 11.4 Å². The molecule has 126 valence electrons. The SMILES string of the molecule is COc1ccc(-n2ccnc(NC(=O)c3ccccn3)c2=O)cc1Cl. The number of hydrogen-bond acceptors (Lipinski definition) is 5. The number of ether oxygens (including phenoxy) is 1. The highest BCUT2D eigenvalue weighted by Crippen LogP contribution is 2.26. The van der Waals surface area contributed by atoms with E-state index in [1.165, 1.54) is 30.3 Å². The Kier molecular flexibility index (Phi) is 4.76. The molecule has 1 aromatic carbocycles. The number of pyridine rings is 1. The molecule has 0 atom stereocenters. The quantitative estimate of drug-likeness (QED) is 0.776. The minimum Gasteiger partial charge on any atom is -0.495 e. The molecule has 0 saturated heterocycles. The van der Waals surface area contributed by atoms with Gasteiger partial charge in [-0.3, -0.25) is 19.1 Å². The number of carbonyl (C=O) groups excluding carboxylic acids is 1. The Morgan fingerprint density at radius 1 is 1.20 bits per heavy atom. The third kappa shape index (κ3) is 3.51. The van der Waals surface area contributed by atoms with E-state index in [2.05, 4.69) is 15.3 Å². The van der Waals surface area contributed by atoms with Gasteiger partial charge >= 0.3 is 0 Å². The number of amides is 1. The summed E-state index contributed by atoms with van der Waals surface area (Å²) in [4.78, 5) is 32.6. The summed E-state index contributed by atoms with van der Waals surface area (Å²) in [6.07, 6.45) is 4.38. The average Bonchev–Trinajstić information content (AvgIpc) is 2.64. The van der Waals surface area contributed by atoms with Crippen LogP contribution in [0.5, 0.6) is 5.75 Å². The van der Waals surface area contributed by atoms with Gasteiger partial charge in [-0.05, 0) is 30.3 Å². The van der Waals surface area contributed by atoms with Crippen molar-refractivity contribution in [3.63, 3.8) is 0 Å². The highest BCUT2D eigenvalue weighted by molar-refractivity contribution is 6.32. The van der Waals surface area contributed by atoms with E-state index in [0.717, 1.165) is 0 Å². The molecule has 3 aromatic rings. The molecule has 25 heavy (non-hydrogen) atoms. The van der Waals surface area contributed by atoms with Crippen LogP contribution in [-0.2, 0) is 0 Å². The van der Waals surface area contributed by atoms with E-state index in [1.54, 1.807) is 36.4 Å². The molecule has 0 radical (unpaired) electrons. The predicted octanol–water partition coefficient (Wildman–Crippen LogP) is 2.54. The van der Waals surface area contributed by atoms with Crippen LogP contribution in [0.3, 0.4) is 0 Å². The molecule has 0 spiro atoms. The molecule has 0 saturated carbocycles. The summed E-state index contributed by atoms with van der Waals surface area (Å²) in [5.41, 5.74) is 0.214. The normalized spacial score (nSPS) is 10.3. The first-order valence-electron chi connectivity index (χ1n) is 7.24. The van der Waals surface area contributed by atoms with Crippen LogP contribution in [0.25, 0.3) is 5.69 Å². The van der Waals surface area contributed by atoms with Gasteiger partial charge in [0.1, 0.15) is 11.4 Å². The van der Waals surface area contributed by atoms with E-state index in [0.29, 0.717) is 16.5 Å². The van der Waals surface area contributed by atoms with Gasteiger partial charge in [-0.2, -0.15) is 0 Å². The second-order valence-corrected chi connectivity index (χ2v) is 5.35. The molecule has 2 heterocycles. The summed E-state index contributed by atoms with van der Waals surface area (Å²) < 4.78 is 6.42. The van der Waals surface area contributed by atoms with E-state index in [-0.39, 0.29) is 11.5 Å². The Bertz CT molecular complexity index is 973. The summed E-state index contributed by atoms with van der Waals surface area (Å²) >= 11 is 6.10. The Morgan fingerprint density at radius 2 is 2.04 bits per heavy atom. The molecule has 8 heteroatoms. The minimum atomic E-state index is -0.518. The highest BCUT2D eigenvalue weighted by atomic mass is 35.5. The number of hydrogen-bond donors (Lipinski definition) is 1. The van der Waals surface area contributed by atoms with Gasteiger partial charge in [0.15, 0.2) is 5.82 Å². The number of halogens is 1. The Morgan fingerprint density at radius 3 is 2.72 bits per heavy atom. The maximum atomic E-state index is 12.6. The van der Waals surface area contributed by atoms with Gasteiger partial charge in [-0.1, -0.05) is 17.7 Å². The Labute approximate surface area is 147 Å². The van der Waals surface area contributed by atoms with Crippen molar-refractivity contribution >= 4 is 23.3 Å². The lowest BCUT2D eigenvalue weighted by Gasteiger charge is -2.10. The average molecular weight is 357 g/mol. The van der Waals surface area contributed by atoms with Crippen LogP contribution in [0.2, 0.25) is 5.02 Å². The zero-order valence-corrected chi connectivity index (χ0v) is 13.9. The number of methoxy groups -OCH3 is 1. The molecular weight excluding hydrogens is 344 g/mol. The van der Waals surface area contributed by atoms with Gasteiger partial charge in [0.05, 0.1) is 17.8 Å².